The summed E-state index contributed by atoms with van der Waals surface area (Å²) in [4.78, 5) is 0. The molecule has 82 valence electrons. The smallest absolute Gasteiger partial charge is 0.328 e. The standard InChI is InChI=1S/C8H13F3N2S/c1-6(13)2-3-14-5-7(4-12)8(9,10)11/h6-7H,2-3,5,13H2,1H3. The molecule has 0 aromatic heterocycles. The van der Waals surface area contributed by atoms with Crippen LogP contribution < -0.4 is 5.73 Å². The van der Waals surface area contributed by atoms with Crippen LogP contribution in [0.5, 0.6) is 0 Å². The molecule has 0 saturated heterocycles. The van der Waals surface area contributed by atoms with E-state index in [1.807, 2.05) is 0 Å². The molecule has 0 aromatic rings. The lowest BCUT2D eigenvalue weighted by Crippen LogP contribution is -2.24. The van der Waals surface area contributed by atoms with Crippen molar-refractivity contribution in [1.29, 1.82) is 5.26 Å². The largest absolute Gasteiger partial charge is 0.405 e. The molecule has 0 heterocycles. The molecule has 0 saturated carbocycles. The van der Waals surface area contributed by atoms with Gasteiger partial charge in [0.2, 0.25) is 0 Å². The fourth-order valence-corrected chi connectivity index (χ4v) is 1.88. The summed E-state index contributed by atoms with van der Waals surface area (Å²) in [6.45, 7) is 1.80. The predicted molar refractivity (Wildman–Crippen MR) is 50.7 cm³/mol. The quantitative estimate of drug-likeness (QED) is 0.731. The first kappa shape index (κ1) is 13.6. The van der Waals surface area contributed by atoms with Gasteiger partial charge in [0.05, 0.1) is 6.07 Å². The second-order valence-corrected chi connectivity index (χ2v) is 4.21. The summed E-state index contributed by atoms with van der Waals surface area (Å²) in [5, 5.41) is 8.26. The van der Waals surface area contributed by atoms with Gasteiger partial charge in [-0.25, -0.2) is 0 Å². The molecule has 2 nitrogen and oxygen atoms in total. The third kappa shape index (κ3) is 6.11. The fourth-order valence-electron chi connectivity index (χ4n) is 0.675. The van der Waals surface area contributed by atoms with Gasteiger partial charge in [-0.05, 0) is 19.1 Å². The van der Waals surface area contributed by atoms with Crippen molar-refractivity contribution < 1.29 is 13.2 Å². The van der Waals surface area contributed by atoms with Gasteiger partial charge in [-0.15, -0.1) is 0 Å². The van der Waals surface area contributed by atoms with Gasteiger partial charge in [0.15, 0.2) is 5.92 Å². The molecule has 0 aliphatic carbocycles. The Labute approximate surface area is 85.6 Å². The third-order valence-electron chi connectivity index (χ3n) is 1.55. The minimum Gasteiger partial charge on any atom is -0.328 e. The average Bonchev–Trinajstić information content (AvgIpc) is 2.01. The number of rotatable bonds is 5. The molecule has 0 aromatic carbocycles. The zero-order valence-corrected chi connectivity index (χ0v) is 8.66. The molecular weight excluding hydrogens is 213 g/mol. The molecule has 0 radical (unpaired) electrons. The highest BCUT2D eigenvalue weighted by atomic mass is 32.2. The molecule has 0 fully saturated rings. The van der Waals surface area contributed by atoms with Gasteiger partial charge in [-0.3, -0.25) is 0 Å². The van der Waals surface area contributed by atoms with Crippen LogP contribution >= 0.6 is 11.8 Å². The van der Waals surface area contributed by atoms with E-state index in [-0.39, 0.29) is 11.8 Å². The van der Waals surface area contributed by atoms with Crippen LogP contribution in [0.4, 0.5) is 13.2 Å². The maximum Gasteiger partial charge on any atom is 0.405 e. The second kappa shape index (κ2) is 6.14. The minimum absolute atomic E-state index is 0.00563. The Morgan fingerprint density at radius 3 is 2.43 bits per heavy atom. The highest BCUT2D eigenvalue weighted by molar-refractivity contribution is 7.99. The van der Waals surface area contributed by atoms with E-state index in [2.05, 4.69) is 0 Å². The third-order valence-corrected chi connectivity index (χ3v) is 2.65. The lowest BCUT2D eigenvalue weighted by molar-refractivity contribution is -0.152. The fraction of sp³-hybridized carbons (Fsp3) is 0.875. The SMILES string of the molecule is CC(N)CCSCC(C#N)C(F)(F)F. The molecule has 14 heavy (non-hydrogen) atoms. The topological polar surface area (TPSA) is 49.8 Å². The van der Waals surface area contributed by atoms with Crippen molar-refractivity contribution in [2.24, 2.45) is 11.7 Å². The zero-order valence-electron chi connectivity index (χ0n) is 7.84. The van der Waals surface area contributed by atoms with E-state index in [1.54, 1.807) is 6.92 Å². The van der Waals surface area contributed by atoms with Gasteiger partial charge in [-0.2, -0.15) is 30.2 Å². The molecule has 6 heteroatoms. The first-order valence-electron chi connectivity index (χ1n) is 4.17. The molecule has 2 N–H and O–H groups in total. The van der Waals surface area contributed by atoms with E-state index < -0.39 is 12.1 Å². The van der Waals surface area contributed by atoms with Gasteiger partial charge < -0.3 is 5.73 Å². The van der Waals surface area contributed by atoms with Gasteiger partial charge in [0, 0.05) is 11.8 Å². The molecular formula is C8H13F3N2S. The van der Waals surface area contributed by atoms with Crippen LogP contribution in [0.1, 0.15) is 13.3 Å². The Bertz CT molecular complexity index is 198. The van der Waals surface area contributed by atoms with Crippen LogP contribution in [0.25, 0.3) is 0 Å². The summed E-state index contributed by atoms with van der Waals surface area (Å²) in [7, 11) is 0. The van der Waals surface area contributed by atoms with E-state index in [9.17, 15) is 13.2 Å². The van der Waals surface area contributed by atoms with Gasteiger partial charge in [-0.1, -0.05) is 0 Å². The Morgan fingerprint density at radius 2 is 2.07 bits per heavy atom. The number of hydrogen-bond donors (Lipinski definition) is 1. The number of halogens is 3. The Balaban J connectivity index is 3.72. The van der Waals surface area contributed by atoms with E-state index >= 15 is 0 Å². The number of alkyl halides is 3. The van der Waals surface area contributed by atoms with E-state index in [1.165, 1.54) is 6.07 Å². The van der Waals surface area contributed by atoms with Crippen molar-refractivity contribution in [3.05, 3.63) is 0 Å². The Morgan fingerprint density at radius 1 is 1.50 bits per heavy atom. The second-order valence-electron chi connectivity index (χ2n) is 3.06. The summed E-state index contributed by atoms with van der Waals surface area (Å²) < 4.78 is 36.1. The molecule has 0 spiro atoms. The minimum atomic E-state index is -4.41. The molecule has 0 amide bonds. The van der Waals surface area contributed by atoms with Gasteiger partial charge in [0.25, 0.3) is 0 Å². The summed E-state index contributed by atoms with van der Waals surface area (Å²) in [6.07, 6.45) is -3.74. The van der Waals surface area contributed by atoms with Crippen molar-refractivity contribution in [2.45, 2.75) is 25.6 Å². The predicted octanol–water partition coefficient (Wildman–Crippen LogP) is 2.16. The Kier molecular flexibility index (Phi) is 5.96. The average molecular weight is 226 g/mol. The maximum atomic E-state index is 12.0. The molecule has 0 bridgehead atoms. The van der Waals surface area contributed by atoms with Crippen molar-refractivity contribution in [3.8, 4) is 6.07 Å². The maximum absolute atomic E-state index is 12.0. The molecule has 0 aliphatic rings. The molecule has 2 atom stereocenters. The van der Waals surface area contributed by atoms with E-state index in [0.29, 0.717) is 12.2 Å². The van der Waals surface area contributed by atoms with Gasteiger partial charge in [0.1, 0.15) is 0 Å². The van der Waals surface area contributed by atoms with Gasteiger partial charge >= 0.3 is 6.18 Å². The lowest BCUT2D eigenvalue weighted by Gasteiger charge is -2.12. The molecule has 0 aliphatic heterocycles. The first-order valence-corrected chi connectivity index (χ1v) is 5.33. The number of nitrogens with zero attached hydrogens (tertiary/aromatic N) is 1. The van der Waals surface area contributed by atoms with Crippen molar-refractivity contribution in [3.63, 3.8) is 0 Å². The highest BCUT2D eigenvalue weighted by Crippen LogP contribution is 2.28. The zero-order chi connectivity index (χ0) is 11.2. The Hall–Kier alpha value is -0.410. The van der Waals surface area contributed by atoms with Crippen LogP contribution in [-0.4, -0.2) is 23.7 Å². The number of nitrogens with two attached hydrogens (primary N) is 1. The van der Waals surface area contributed by atoms with Crippen LogP contribution in [-0.2, 0) is 0 Å². The number of nitriles is 1. The van der Waals surface area contributed by atoms with E-state index in [0.717, 1.165) is 11.8 Å². The highest BCUT2D eigenvalue weighted by Gasteiger charge is 2.39. The first-order chi connectivity index (χ1) is 6.38. The molecule has 2 unspecified atom stereocenters. The summed E-state index contributed by atoms with van der Waals surface area (Å²) in [5.74, 6) is -1.50. The lowest BCUT2D eigenvalue weighted by atomic mass is 10.2. The number of thioether (sulfide) groups is 1. The van der Waals surface area contributed by atoms with Crippen molar-refractivity contribution in [2.75, 3.05) is 11.5 Å². The summed E-state index contributed by atoms with van der Waals surface area (Å²) in [5.41, 5.74) is 5.43. The molecule has 0 rings (SSSR count). The van der Waals surface area contributed by atoms with Crippen LogP contribution in [0.2, 0.25) is 0 Å². The summed E-state index contributed by atoms with van der Waals surface area (Å²) in [6, 6.07) is 1.25. The number of hydrogen-bond acceptors (Lipinski definition) is 3. The van der Waals surface area contributed by atoms with Crippen molar-refractivity contribution in [1.82, 2.24) is 0 Å². The summed E-state index contributed by atoms with van der Waals surface area (Å²) >= 11 is 1.12. The van der Waals surface area contributed by atoms with E-state index in [4.69, 9.17) is 11.0 Å². The monoisotopic (exact) mass is 226 g/mol. The van der Waals surface area contributed by atoms with Crippen LogP contribution in [0.15, 0.2) is 0 Å². The van der Waals surface area contributed by atoms with Crippen LogP contribution in [0, 0.1) is 17.2 Å². The normalized spacial score (nSPS) is 16.0. The van der Waals surface area contributed by atoms with Crippen LogP contribution in [0.3, 0.4) is 0 Å². The van der Waals surface area contributed by atoms with Crippen molar-refractivity contribution >= 4 is 11.8 Å².